The molecule has 0 atom stereocenters. The molecule has 0 saturated carbocycles. The van der Waals surface area contributed by atoms with Gasteiger partial charge in [0.25, 0.3) is 0 Å². The molecule has 7 nitrogen and oxygen atoms in total. The zero-order valence-corrected chi connectivity index (χ0v) is 17.6. The Hall–Kier alpha value is -3.49. The highest BCUT2D eigenvalue weighted by atomic mass is 32.2. The van der Waals surface area contributed by atoms with Gasteiger partial charge in [0.05, 0.1) is 23.1 Å². The number of hydrogen-bond acceptors (Lipinski definition) is 6. The fourth-order valence-electron chi connectivity index (χ4n) is 2.73. The van der Waals surface area contributed by atoms with E-state index in [-0.39, 0.29) is 23.6 Å². The minimum Gasteiger partial charge on any atom is -0.465 e. The van der Waals surface area contributed by atoms with Gasteiger partial charge < -0.3 is 9.47 Å². The van der Waals surface area contributed by atoms with Crippen LogP contribution >= 0.6 is 0 Å². The van der Waals surface area contributed by atoms with Crippen LogP contribution in [0.5, 0.6) is 0 Å². The number of rotatable bonds is 8. The van der Waals surface area contributed by atoms with Crippen LogP contribution in [0.25, 0.3) is 0 Å². The zero-order chi connectivity index (χ0) is 22.3. The second-order valence-electron chi connectivity index (χ2n) is 6.60. The Morgan fingerprint density at radius 1 is 0.806 bits per heavy atom. The molecule has 0 radical (unpaired) electrons. The van der Waals surface area contributed by atoms with Crippen LogP contribution in [0.15, 0.2) is 83.8 Å². The van der Waals surface area contributed by atoms with Gasteiger partial charge in [-0.25, -0.2) is 22.7 Å². The molecule has 0 aliphatic heterocycles. The number of carbonyl (C=O) groups excluding carboxylic acids is 2. The van der Waals surface area contributed by atoms with Crippen molar-refractivity contribution in [2.45, 2.75) is 18.0 Å². The molecule has 3 rings (SSSR count). The molecule has 0 saturated heterocycles. The molecule has 8 heteroatoms. The van der Waals surface area contributed by atoms with Gasteiger partial charge in [0.2, 0.25) is 10.0 Å². The first kappa shape index (κ1) is 22.2. The first-order valence-electron chi connectivity index (χ1n) is 9.37. The third-order valence-electron chi connectivity index (χ3n) is 4.43. The third kappa shape index (κ3) is 6.00. The van der Waals surface area contributed by atoms with Crippen molar-refractivity contribution in [3.8, 4) is 0 Å². The molecule has 3 aromatic carbocycles. The normalized spacial score (nSPS) is 11.0. The number of nitrogens with one attached hydrogen (secondary N) is 1. The van der Waals surface area contributed by atoms with E-state index in [1.807, 2.05) is 30.3 Å². The lowest BCUT2D eigenvalue weighted by Crippen LogP contribution is -2.23. The van der Waals surface area contributed by atoms with E-state index in [1.165, 1.54) is 31.4 Å². The number of ether oxygens (including phenoxy) is 2. The lowest BCUT2D eigenvalue weighted by molar-refractivity contribution is 0.0471. The van der Waals surface area contributed by atoms with Crippen molar-refractivity contribution in [1.82, 2.24) is 4.72 Å². The first-order chi connectivity index (χ1) is 14.9. The number of methoxy groups -OCH3 is 1. The van der Waals surface area contributed by atoms with E-state index in [2.05, 4.69) is 9.46 Å². The molecule has 160 valence electrons. The summed E-state index contributed by atoms with van der Waals surface area (Å²) in [4.78, 5) is 23.8. The summed E-state index contributed by atoms with van der Waals surface area (Å²) in [5.41, 5.74) is 2.00. The Kier molecular flexibility index (Phi) is 7.17. The molecule has 0 unspecified atom stereocenters. The number of benzene rings is 3. The van der Waals surface area contributed by atoms with E-state index in [0.29, 0.717) is 11.1 Å². The Bertz CT molecular complexity index is 1160. The van der Waals surface area contributed by atoms with Gasteiger partial charge in [-0.2, -0.15) is 0 Å². The summed E-state index contributed by atoms with van der Waals surface area (Å²) in [5.74, 6) is -1.11. The van der Waals surface area contributed by atoms with Gasteiger partial charge in [-0.3, -0.25) is 0 Å². The van der Waals surface area contributed by atoms with E-state index in [0.717, 1.165) is 5.56 Å². The average Bonchev–Trinajstić information content (AvgIpc) is 2.82. The second-order valence-corrected chi connectivity index (χ2v) is 8.37. The highest BCUT2D eigenvalue weighted by Crippen LogP contribution is 2.14. The average molecular weight is 439 g/mol. The van der Waals surface area contributed by atoms with Crippen molar-refractivity contribution in [3.05, 3.63) is 101 Å². The Balaban J connectivity index is 1.63. The molecule has 0 fully saturated rings. The largest absolute Gasteiger partial charge is 0.465 e. The lowest BCUT2D eigenvalue weighted by atomic mass is 10.1. The van der Waals surface area contributed by atoms with Crippen LogP contribution in [0.1, 0.15) is 31.8 Å². The number of carbonyl (C=O) groups is 2. The van der Waals surface area contributed by atoms with Crippen molar-refractivity contribution in [3.63, 3.8) is 0 Å². The van der Waals surface area contributed by atoms with Crippen molar-refractivity contribution < 1.29 is 27.5 Å². The van der Waals surface area contributed by atoms with E-state index in [9.17, 15) is 18.0 Å². The molecule has 0 amide bonds. The van der Waals surface area contributed by atoms with E-state index in [1.54, 1.807) is 24.3 Å². The smallest absolute Gasteiger partial charge is 0.338 e. The molecular formula is C23H21NO6S. The Labute approximate surface area is 180 Å². The molecule has 0 heterocycles. The van der Waals surface area contributed by atoms with Crippen LogP contribution in [-0.2, 0) is 32.6 Å². The standard InChI is InChI=1S/C23H21NO6S/c1-29-22(25)19-12-10-18(11-13-19)16-30-23(26)20-8-5-9-21(14-20)31(27,28)24-15-17-6-3-2-4-7-17/h2-14,24H,15-16H2,1H3. The maximum atomic E-state index is 12.6. The van der Waals surface area contributed by atoms with Crippen molar-refractivity contribution in [1.29, 1.82) is 0 Å². The monoisotopic (exact) mass is 439 g/mol. The summed E-state index contributed by atoms with van der Waals surface area (Å²) in [5, 5.41) is 0. The molecule has 0 aromatic heterocycles. The predicted octanol–water partition coefficient (Wildman–Crippen LogP) is 3.31. The molecule has 0 bridgehead atoms. The summed E-state index contributed by atoms with van der Waals surface area (Å²) < 4.78 is 37.6. The van der Waals surface area contributed by atoms with Crippen molar-refractivity contribution in [2.75, 3.05) is 7.11 Å². The van der Waals surface area contributed by atoms with Crippen LogP contribution in [0, 0.1) is 0 Å². The van der Waals surface area contributed by atoms with E-state index >= 15 is 0 Å². The predicted molar refractivity (Wildman–Crippen MR) is 114 cm³/mol. The SMILES string of the molecule is COC(=O)c1ccc(COC(=O)c2cccc(S(=O)(=O)NCc3ccccc3)c2)cc1. The summed E-state index contributed by atoms with van der Waals surface area (Å²) in [6.07, 6.45) is 0. The van der Waals surface area contributed by atoms with Gasteiger partial charge in [0, 0.05) is 6.54 Å². The quantitative estimate of drug-likeness (QED) is 0.541. The summed E-state index contributed by atoms with van der Waals surface area (Å²) in [6.45, 7) is 0.114. The second kappa shape index (κ2) is 10.0. The van der Waals surface area contributed by atoms with E-state index in [4.69, 9.17) is 4.74 Å². The molecule has 0 aliphatic rings. The zero-order valence-electron chi connectivity index (χ0n) is 16.8. The van der Waals surface area contributed by atoms with Gasteiger partial charge >= 0.3 is 11.9 Å². The third-order valence-corrected chi connectivity index (χ3v) is 5.83. The van der Waals surface area contributed by atoms with E-state index < -0.39 is 22.0 Å². The van der Waals surface area contributed by atoms with Crippen LogP contribution < -0.4 is 4.72 Å². The van der Waals surface area contributed by atoms with Crippen molar-refractivity contribution in [2.24, 2.45) is 0 Å². The highest BCUT2D eigenvalue weighted by Gasteiger charge is 2.17. The van der Waals surface area contributed by atoms with Gasteiger partial charge in [0.1, 0.15) is 6.61 Å². The molecule has 1 N–H and O–H groups in total. The van der Waals surface area contributed by atoms with Gasteiger partial charge in [-0.1, -0.05) is 48.5 Å². The van der Waals surface area contributed by atoms with Crippen LogP contribution in [0.3, 0.4) is 0 Å². The molecule has 0 aliphatic carbocycles. The van der Waals surface area contributed by atoms with Crippen LogP contribution in [0.4, 0.5) is 0 Å². The van der Waals surface area contributed by atoms with Crippen molar-refractivity contribution >= 4 is 22.0 Å². The Morgan fingerprint density at radius 2 is 1.52 bits per heavy atom. The molecular weight excluding hydrogens is 418 g/mol. The number of hydrogen-bond donors (Lipinski definition) is 1. The van der Waals surface area contributed by atoms with Gasteiger partial charge in [0.15, 0.2) is 0 Å². The fourth-order valence-corrected chi connectivity index (χ4v) is 3.80. The van der Waals surface area contributed by atoms with Gasteiger partial charge in [-0.05, 0) is 41.5 Å². The summed E-state index contributed by atoms with van der Waals surface area (Å²) in [7, 11) is -2.50. The maximum Gasteiger partial charge on any atom is 0.338 e. The fraction of sp³-hybridized carbons (Fsp3) is 0.130. The first-order valence-corrected chi connectivity index (χ1v) is 10.9. The summed E-state index contributed by atoms with van der Waals surface area (Å²) in [6, 6.07) is 21.2. The topological polar surface area (TPSA) is 98.8 Å². The van der Waals surface area contributed by atoms with Gasteiger partial charge in [-0.15, -0.1) is 0 Å². The number of esters is 2. The maximum absolute atomic E-state index is 12.6. The highest BCUT2D eigenvalue weighted by molar-refractivity contribution is 7.89. The minimum atomic E-state index is -3.80. The van der Waals surface area contributed by atoms with Crippen LogP contribution in [0.2, 0.25) is 0 Å². The lowest BCUT2D eigenvalue weighted by Gasteiger charge is -2.09. The Morgan fingerprint density at radius 3 is 2.19 bits per heavy atom. The van der Waals surface area contributed by atoms with Crippen LogP contribution in [-0.4, -0.2) is 27.5 Å². The minimum absolute atomic E-state index is 0.0243. The summed E-state index contributed by atoms with van der Waals surface area (Å²) >= 11 is 0. The molecule has 31 heavy (non-hydrogen) atoms. The molecule has 3 aromatic rings. The molecule has 0 spiro atoms. The number of sulfonamides is 1.